The van der Waals surface area contributed by atoms with Crippen molar-refractivity contribution in [3.05, 3.63) is 23.9 Å². The molecule has 4 heteroatoms. The third-order valence-electron chi connectivity index (χ3n) is 3.70. The summed E-state index contributed by atoms with van der Waals surface area (Å²) < 4.78 is 0. The molecular weight excluding hydrogens is 254 g/mol. The molecule has 106 valence electrons. The predicted octanol–water partition coefficient (Wildman–Crippen LogP) is 2.91. The Morgan fingerprint density at radius 3 is 2.95 bits per heavy atom. The van der Waals surface area contributed by atoms with Crippen LogP contribution in [0.2, 0.25) is 0 Å². The summed E-state index contributed by atoms with van der Waals surface area (Å²) in [5.74, 6) is 2.29. The quantitative estimate of drug-likeness (QED) is 0.792. The second-order valence-electron chi connectivity index (χ2n) is 5.38. The van der Waals surface area contributed by atoms with Crippen LogP contribution in [-0.2, 0) is 6.54 Å². The lowest BCUT2D eigenvalue weighted by molar-refractivity contribution is 0.650. The van der Waals surface area contributed by atoms with Gasteiger partial charge in [0.2, 0.25) is 0 Å². The van der Waals surface area contributed by atoms with Crippen molar-refractivity contribution in [1.29, 1.82) is 0 Å². The highest BCUT2D eigenvalue weighted by molar-refractivity contribution is 7.98. The van der Waals surface area contributed by atoms with Crippen LogP contribution in [0.4, 0.5) is 5.82 Å². The monoisotopic (exact) mass is 279 g/mol. The lowest BCUT2D eigenvalue weighted by Crippen LogP contribution is -2.30. The first-order valence-electron chi connectivity index (χ1n) is 7.12. The van der Waals surface area contributed by atoms with Gasteiger partial charge in [-0.05, 0) is 50.3 Å². The number of rotatable bonds is 8. The first-order chi connectivity index (χ1) is 9.20. The highest BCUT2D eigenvalue weighted by atomic mass is 32.2. The normalized spacial score (nSPS) is 16.4. The van der Waals surface area contributed by atoms with Crippen LogP contribution >= 0.6 is 11.8 Å². The molecule has 1 unspecified atom stereocenters. The second kappa shape index (κ2) is 7.15. The van der Waals surface area contributed by atoms with Crippen molar-refractivity contribution < 1.29 is 0 Å². The van der Waals surface area contributed by atoms with E-state index < -0.39 is 0 Å². The number of thioether (sulfide) groups is 1. The number of nitrogens with one attached hydrogen (secondary N) is 1. The fraction of sp³-hybridized carbons (Fsp3) is 0.667. The van der Waals surface area contributed by atoms with Crippen LogP contribution in [0.25, 0.3) is 0 Å². The molecule has 0 saturated heterocycles. The van der Waals surface area contributed by atoms with Gasteiger partial charge in [-0.25, -0.2) is 4.98 Å². The molecule has 1 atom stereocenters. The van der Waals surface area contributed by atoms with Crippen molar-refractivity contribution in [3.8, 4) is 0 Å². The molecule has 1 saturated carbocycles. The van der Waals surface area contributed by atoms with Gasteiger partial charge >= 0.3 is 0 Å². The van der Waals surface area contributed by atoms with E-state index in [0.717, 1.165) is 24.1 Å². The molecule has 2 rings (SSSR count). The second-order valence-corrected chi connectivity index (χ2v) is 6.37. The number of hydrogen-bond donors (Lipinski definition) is 1. The Morgan fingerprint density at radius 1 is 1.47 bits per heavy atom. The fourth-order valence-corrected chi connectivity index (χ4v) is 2.58. The molecule has 0 aliphatic heterocycles. The molecule has 1 N–H and O–H groups in total. The number of aromatic nitrogens is 1. The molecule has 1 fully saturated rings. The van der Waals surface area contributed by atoms with E-state index in [-0.39, 0.29) is 0 Å². The minimum Gasteiger partial charge on any atom is -0.357 e. The van der Waals surface area contributed by atoms with Crippen LogP contribution in [0.15, 0.2) is 18.2 Å². The summed E-state index contributed by atoms with van der Waals surface area (Å²) in [6.45, 7) is 3.17. The van der Waals surface area contributed by atoms with Crippen molar-refractivity contribution in [3.63, 3.8) is 0 Å². The van der Waals surface area contributed by atoms with E-state index in [4.69, 9.17) is 4.98 Å². The van der Waals surface area contributed by atoms with Gasteiger partial charge in [0.1, 0.15) is 5.82 Å². The van der Waals surface area contributed by atoms with Crippen molar-refractivity contribution in [2.75, 3.05) is 24.0 Å². The van der Waals surface area contributed by atoms with Crippen LogP contribution in [-0.4, -0.2) is 36.1 Å². The van der Waals surface area contributed by atoms with E-state index in [9.17, 15) is 0 Å². The third kappa shape index (κ3) is 4.69. The Balaban J connectivity index is 1.91. The zero-order chi connectivity index (χ0) is 13.7. The molecular formula is C15H25N3S. The van der Waals surface area contributed by atoms with Crippen molar-refractivity contribution in [1.82, 2.24) is 10.3 Å². The molecule has 1 aliphatic rings. The van der Waals surface area contributed by atoms with E-state index in [2.05, 4.69) is 48.6 Å². The summed E-state index contributed by atoms with van der Waals surface area (Å²) in [7, 11) is 2.14. The molecule has 3 nitrogen and oxygen atoms in total. The van der Waals surface area contributed by atoms with Gasteiger partial charge in [0.25, 0.3) is 0 Å². The molecule has 0 aromatic carbocycles. The van der Waals surface area contributed by atoms with Crippen LogP contribution in [0, 0.1) is 0 Å². The van der Waals surface area contributed by atoms with Gasteiger partial charge in [0, 0.05) is 25.7 Å². The Labute approximate surface area is 121 Å². The van der Waals surface area contributed by atoms with E-state index >= 15 is 0 Å². The van der Waals surface area contributed by atoms with Gasteiger partial charge in [-0.15, -0.1) is 0 Å². The van der Waals surface area contributed by atoms with E-state index in [1.54, 1.807) is 0 Å². The molecule has 1 heterocycles. The molecule has 0 amide bonds. The Hall–Kier alpha value is -0.740. The zero-order valence-corrected chi connectivity index (χ0v) is 13.0. The van der Waals surface area contributed by atoms with Gasteiger partial charge in [-0.3, -0.25) is 0 Å². The molecule has 0 radical (unpaired) electrons. The summed E-state index contributed by atoms with van der Waals surface area (Å²) in [6, 6.07) is 7.61. The van der Waals surface area contributed by atoms with Crippen LogP contribution < -0.4 is 10.2 Å². The molecule has 0 bridgehead atoms. The Kier molecular flexibility index (Phi) is 5.52. The van der Waals surface area contributed by atoms with Crippen LogP contribution in [0.5, 0.6) is 0 Å². The third-order valence-corrected chi connectivity index (χ3v) is 4.35. The maximum absolute atomic E-state index is 4.76. The maximum Gasteiger partial charge on any atom is 0.128 e. The van der Waals surface area contributed by atoms with E-state index in [0.29, 0.717) is 6.04 Å². The average Bonchev–Trinajstić information content (AvgIpc) is 3.26. The Bertz CT molecular complexity index is 393. The number of nitrogens with zero attached hydrogens (tertiary/aromatic N) is 2. The van der Waals surface area contributed by atoms with Gasteiger partial charge in [-0.2, -0.15) is 11.8 Å². The summed E-state index contributed by atoms with van der Waals surface area (Å²) in [5.41, 5.74) is 1.15. The zero-order valence-electron chi connectivity index (χ0n) is 12.2. The highest BCUT2D eigenvalue weighted by Crippen LogP contribution is 2.20. The summed E-state index contributed by atoms with van der Waals surface area (Å²) in [5, 5.41) is 3.52. The summed E-state index contributed by atoms with van der Waals surface area (Å²) in [4.78, 5) is 7.05. The molecule has 0 spiro atoms. The lowest BCUT2D eigenvalue weighted by Gasteiger charge is -2.26. The van der Waals surface area contributed by atoms with E-state index in [1.165, 1.54) is 25.0 Å². The minimum atomic E-state index is 0.534. The number of anilines is 1. The molecule has 1 aromatic rings. The first-order valence-corrected chi connectivity index (χ1v) is 8.51. The maximum atomic E-state index is 4.76. The number of hydrogen-bond acceptors (Lipinski definition) is 4. The summed E-state index contributed by atoms with van der Waals surface area (Å²) >= 11 is 1.91. The van der Waals surface area contributed by atoms with Gasteiger partial charge in [0.05, 0.1) is 5.69 Å². The lowest BCUT2D eigenvalue weighted by atomic mass is 10.2. The van der Waals surface area contributed by atoms with Gasteiger partial charge < -0.3 is 10.2 Å². The highest BCUT2D eigenvalue weighted by Gasteiger charge is 2.20. The SMILES string of the molecule is CSCCC(C)N(C)c1cccc(CNC2CC2)n1. The largest absolute Gasteiger partial charge is 0.357 e. The average molecular weight is 279 g/mol. The van der Waals surface area contributed by atoms with E-state index in [1.807, 2.05) is 11.8 Å². The standard InChI is InChI=1S/C15H25N3S/c1-12(9-10-19-3)18(2)15-6-4-5-14(17-15)11-16-13-7-8-13/h4-6,12-13,16H,7-11H2,1-3H3. The Morgan fingerprint density at radius 2 is 2.26 bits per heavy atom. The van der Waals surface area contributed by atoms with Crippen LogP contribution in [0.1, 0.15) is 31.9 Å². The molecule has 19 heavy (non-hydrogen) atoms. The van der Waals surface area contributed by atoms with Gasteiger partial charge in [0.15, 0.2) is 0 Å². The smallest absolute Gasteiger partial charge is 0.128 e. The first kappa shape index (κ1) is 14.7. The van der Waals surface area contributed by atoms with Crippen LogP contribution in [0.3, 0.4) is 0 Å². The molecule has 1 aromatic heterocycles. The van der Waals surface area contributed by atoms with Gasteiger partial charge in [-0.1, -0.05) is 6.07 Å². The topological polar surface area (TPSA) is 28.2 Å². The van der Waals surface area contributed by atoms with Crippen molar-refractivity contribution >= 4 is 17.6 Å². The molecule has 1 aliphatic carbocycles. The minimum absolute atomic E-state index is 0.534. The van der Waals surface area contributed by atoms with Crippen molar-refractivity contribution in [2.24, 2.45) is 0 Å². The number of pyridine rings is 1. The predicted molar refractivity (Wildman–Crippen MR) is 85.0 cm³/mol. The summed E-state index contributed by atoms with van der Waals surface area (Å²) in [6.07, 6.45) is 6.01. The van der Waals surface area contributed by atoms with Crippen molar-refractivity contribution in [2.45, 2.75) is 44.8 Å². The fourth-order valence-electron chi connectivity index (χ4n) is 2.01.